The number of amides is 1. The molecule has 1 heterocycles. The molecule has 1 fully saturated rings. The van der Waals surface area contributed by atoms with Crippen molar-refractivity contribution in [3.8, 4) is 5.75 Å². The minimum absolute atomic E-state index is 0.0252. The fraction of sp³-hybridized carbons (Fsp3) is 0.438. The second kappa shape index (κ2) is 7.65. The Morgan fingerprint density at radius 2 is 2.12 bits per heavy atom. The van der Waals surface area contributed by atoms with Crippen LogP contribution in [0.5, 0.6) is 5.75 Å². The number of hydrogen-bond donors (Lipinski definition) is 1. The number of aromatic nitrogens is 3. The molecule has 0 aliphatic heterocycles. The fourth-order valence-corrected chi connectivity index (χ4v) is 2.99. The molecule has 8 heteroatoms. The predicted octanol–water partition coefficient (Wildman–Crippen LogP) is 2.39. The summed E-state index contributed by atoms with van der Waals surface area (Å²) in [6, 6.07) is 6.20. The van der Waals surface area contributed by atoms with E-state index in [4.69, 9.17) is 4.74 Å². The number of nitrogens with zero attached hydrogens (tertiary/aromatic N) is 3. The van der Waals surface area contributed by atoms with Crippen molar-refractivity contribution in [1.29, 1.82) is 0 Å². The number of hydrogen-bond acceptors (Lipinski definition) is 5. The Hall–Kier alpha value is -2.09. The van der Waals surface area contributed by atoms with Crippen LogP contribution >= 0.6 is 11.8 Å². The minimum Gasteiger partial charge on any atom is -0.486 e. The van der Waals surface area contributed by atoms with Crippen molar-refractivity contribution in [3.05, 3.63) is 35.9 Å². The van der Waals surface area contributed by atoms with Gasteiger partial charge in [-0.15, -0.1) is 10.2 Å². The second-order valence-corrected chi connectivity index (χ2v) is 6.46. The summed E-state index contributed by atoms with van der Waals surface area (Å²) in [5.41, 5.74) is 0. The minimum atomic E-state index is -0.303. The standard InChI is InChI=1S/C16H19FN4O2S/c1-2-21-14(9-23-13-7-3-11(17)4-8-13)19-20-16(21)24-10-15(22)18-12-5-6-12/h3-4,7-8,12H,2,5-6,9-10H2,1H3,(H,18,22). The topological polar surface area (TPSA) is 69.0 Å². The first-order chi connectivity index (χ1) is 11.7. The van der Waals surface area contributed by atoms with Crippen LogP contribution in [0.15, 0.2) is 29.4 Å². The van der Waals surface area contributed by atoms with E-state index in [0.717, 1.165) is 12.8 Å². The Morgan fingerprint density at radius 3 is 2.79 bits per heavy atom. The van der Waals surface area contributed by atoms with Crippen LogP contribution in [-0.2, 0) is 17.9 Å². The third-order valence-corrected chi connectivity index (χ3v) is 4.53. The number of ether oxygens (including phenoxy) is 1. The van der Waals surface area contributed by atoms with E-state index in [1.807, 2.05) is 11.5 Å². The molecule has 6 nitrogen and oxygen atoms in total. The number of rotatable bonds is 8. The van der Waals surface area contributed by atoms with Crippen LogP contribution in [0.3, 0.4) is 0 Å². The molecular weight excluding hydrogens is 331 g/mol. The molecule has 1 saturated carbocycles. The van der Waals surface area contributed by atoms with Crippen LogP contribution in [0.25, 0.3) is 0 Å². The van der Waals surface area contributed by atoms with E-state index in [1.165, 1.54) is 23.9 Å². The van der Waals surface area contributed by atoms with Crippen LogP contribution in [0.1, 0.15) is 25.6 Å². The van der Waals surface area contributed by atoms with E-state index in [1.54, 1.807) is 12.1 Å². The molecule has 0 saturated heterocycles. The van der Waals surface area contributed by atoms with Gasteiger partial charge in [0.15, 0.2) is 11.0 Å². The molecule has 24 heavy (non-hydrogen) atoms. The lowest BCUT2D eigenvalue weighted by atomic mass is 10.3. The normalized spacial score (nSPS) is 13.8. The van der Waals surface area contributed by atoms with E-state index < -0.39 is 0 Å². The van der Waals surface area contributed by atoms with Gasteiger partial charge in [-0.3, -0.25) is 4.79 Å². The quantitative estimate of drug-likeness (QED) is 0.741. The van der Waals surface area contributed by atoms with Gasteiger partial charge in [0, 0.05) is 12.6 Å². The molecule has 1 N–H and O–H groups in total. The molecule has 1 aromatic carbocycles. The van der Waals surface area contributed by atoms with E-state index in [-0.39, 0.29) is 18.3 Å². The molecule has 1 amide bonds. The lowest BCUT2D eigenvalue weighted by Crippen LogP contribution is -2.27. The SMILES string of the molecule is CCn1c(COc2ccc(F)cc2)nnc1SCC(=O)NC1CC1. The van der Waals surface area contributed by atoms with Crippen LogP contribution in [-0.4, -0.2) is 32.5 Å². The van der Waals surface area contributed by atoms with Crippen LogP contribution in [0.4, 0.5) is 4.39 Å². The van der Waals surface area contributed by atoms with Crippen molar-refractivity contribution >= 4 is 17.7 Å². The number of carbonyl (C=O) groups excluding carboxylic acids is 1. The molecule has 0 atom stereocenters. The Morgan fingerprint density at radius 1 is 1.38 bits per heavy atom. The summed E-state index contributed by atoms with van der Waals surface area (Å²) in [4.78, 5) is 11.8. The van der Waals surface area contributed by atoms with Gasteiger partial charge in [-0.05, 0) is 44.0 Å². The van der Waals surface area contributed by atoms with Crippen molar-refractivity contribution in [2.45, 2.75) is 44.1 Å². The van der Waals surface area contributed by atoms with E-state index in [2.05, 4.69) is 15.5 Å². The second-order valence-electron chi connectivity index (χ2n) is 5.52. The average Bonchev–Trinajstić information content (AvgIpc) is 3.30. The maximum absolute atomic E-state index is 12.9. The predicted molar refractivity (Wildman–Crippen MR) is 88.3 cm³/mol. The molecule has 1 aliphatic rings. The third-order valence-electron chi connectivity index (χ3n) is 3.57. The fourth-order valence-electron chi connectivity index (χ4n) is 2.16. The van der Waals surface area contributed by atoms with E-state index in [9.17, 15) is 9.18 Å². The van der Waals surface area contributed by atoms with Crippen molar-refractivity contribution in [2.24, 2.45) is 0 Å². The summed E-state index contributed by atoms with van der Waals surface area (Å²) in [5, 5.41) is 11.9. The van der Waals surface area contributed by atoms with Crippen molar-refractivity contribution in [1.82, 2.24) is 20.1 Å². The van der Waals surface area contributed by atoms with Gasteiger partial charge in [-0.1, -0.05) is 11.8 Å². The summed E-state index contributed by atoms with van der Waals surface area (Å²) in [6.07, 6.45) is 2.15. The van der Waals surface area contributed by atoms with E-state index >= 15 is 0 Å². The summed E-state index contributed by atoms with van der Waals surface area (Å²) in [6.45, 7) is 2.90. The molecule has 2 aromatic rings. The number of thioether (sulfide) groups is 1. The van der Waals surface area contributed by atoms with Gasteiger partial charge in [0.2, 0.25) is 5.91 Å². The highest BCUT2D eigenvalue weighted by Crippen LogP contribution is 2.21. The van der Waals surface area contributed by atoms with Crippen molar-refractivity contribution in [2.75, 3.05) is 5.75 Å². The van der Waals surface area contributed by atoms with Crippen LogP contribution < -0.4 is 10.1 Å². The van der Waals surface area contributed by atoms with Gasteiger partial charge in [-0.25, -0.2) is 4.39 Å². The summed E-state index contributed by atoms with van der Waals surface area (Å²) >= 11 is 1.37. The first-order valence-electron chi connectivity index (χ1n) is 7.88. The molecule has 1 aromatic heterocycles. The van der Waals surface area contributed by atoms with Crippen molar-refractivity contribution in [3.63, 3.8) is 0 Å². The highest BCUT2D eigenvalue weighted by molar-refractivity contribution is 7.99. The molecule has 0 spiro atoms. The zero-order chi connectivity index (χ0) is 16.9. The van der Waals surface area contributed by atoms with Crippen LogP contribution in [0.2, 0.25) is 0 Å². The highest BCUT2D eigenvalue weighted by Gasteiger charge is 2.23. The molecule has 3 rings (SSSR count). The Labute approximate surface area is 143 Å². The number of halogens is 1. The summed E-state index contributed by atoms with van der Waals surface area (Å²) < 4.78 is 20.4. The van der Waals surface area contributed by atoms with Gasteiger partial charge in [0.05, 0.1) is 5.75 Å². The Bertz CT molecular complexity index is 701. The number of benzene rings is 1. The lowest BCUT2D eigenvalue weighted by Gasteiger charge is -2.09. The summed E-state index contributed by atoms with van der Waals surface area (Å²) in [7, 11) is 0. The molecule has 1 aliphatic carbocycles. The smallest absolute Gasteiger partial charge is 0.230 e. The Balaban J connectivity index is 1.56. The molecule has 0 unspecified atom stereocenters. The number of nitrogens with one attached hydrogen (secondary N) is 1. The Kier molecular flexibility index (Phi) is 5.34. The van der Waals surface area contributed by atoms with Gasteiger partial charge in [-0.2, -0.15) is 0 Å². The first-order valence-corrected chi connectivity index (χ1v) is 8.87. The molecule has 0 bridgehead atoms. The lowest BCUT2D eigenvalue weighted by molar-refractivity contribution is -0.118. The monoisotopic (exact) mass is 350 g/mol. The maximum atomic E-state index is 12.9. The van der Waals surface area contributed by atoms with Gasteiger partial charge in [0.25, 0.3) is 0 Å². The van der Waals surface area contributed by atoms with Gasteiger partial charge >= 0.3 is 0 Å². The van der Waals surface area contributed by atoms with Gasteiger partial charge in [0.1, 0.15) is 18.2 Å². The first kappa shape index (κ1) is 16.8. The highest BCUT2D eigenvalue weighted by atomic mass is 32.2. The average molecular weight is 350 g/mol. The largest absolute Gasteiger partial charge is 0.486 e. The molecule has 0 radical (unpaired) electrons. The zero-order valence-corrected chi connectivity index (χ0v) is 14.2. The third kappa shape index (κ3) is 4.47. The van der Waals surface area contributed by atoms with Crippen LogP contribution in [0, 0.1) is 5.82 Å². The molecular formula is C16H19FN4O2S. The van der Waals surface area contributed by atoms with E-state index in [0.29, 0.717) is 35.1 Å². The van der Waals surface area contributed by atoms with Crippen molar-refractivity contribution < 1.29 is 13.9 Å². The molecule has 128 valence electrons. The maximum Gasteiger partial charge on any atom is 0.230 e. The van der Waals surface area contributed by atoms with Gasteiger partial charge < -0.3 is 14.6 Å². The number of carbonyl (C=O) groups is 1. The summed E-state index contributed by atoms with van der Waals surface area (Å²) in [5.74, 6) is 1.29. The zero-order valence-electron chi connectivity index (χ0n) is 13.4.